The molecule has 0 saturated heterocycles. The van der Waals surface area contributed by atoms with Gasteiger partial charge in [0.15, 0.2) is 0 Å². The van der Waals surface area contributed by atoms with Gasteiger partial charge in [-0.05, 0) is 30.0 Å². The van der Waals surface area contributed by atoms with Crippen LogP contribution in [0.15, 0.2) is 59.5 Å². The quantitative estimate of drug-likeness (QED) is 0.691. The van der Waals surface area contributed by atoms with Crippen LogP contribution in [0.4, 0.5) is 0 Å². The van der Waals surface area contributed by atoms with Crippen molar-refractivity contribution < 1.29 is 0 Å². The zero-order valence-electron chi connectivity index (χ0n) is 9.10. The van der Waals surface area contributed by atoms with E-state index in [9.17, 15) is 0 Å². The molecule has 0 radical (unpaired) electrons. The second-order valence-electron chi connectivity index (χ2n) is 4.16. The number of benzene rings is 2. The van der Waals surface area contributed by atoms with Gasteiger partial charge in [-0.2, -0.15) is 0 Å². The molecule has 0 bridgehead atoms. The summed E-state index contributed by atoms with van der Waals surface area (Å²) in [5.41, 5.74) is 2.97. The van der Waals surface area contributed by atoms with E-state index < -0.39 is 0 Å². The van der Waals surface area contributed by atoms with Gasteiger partial charge in [-0.25, -0.2) is 0 Å². The molecule has 0 amide bonds. The third-order valence-electron chi connectivity index (χ3n) is 3.09. The van der Waals surface area contributed by atoms with Crippen molar-refractivity contribution in [2.24, 2.45) is 0 Å². The first-order chi connectivity index (χ1) is 7.93. The zero-order valence-corrected chi connectivity index (χ0v) is 9.91. The lowest BCUT2D eigenvalue weighted by Crippen LogP contribution is -2.03. The molecule has 0 aromatic heterocycles. The summed E-state index contributed by atoms with van der Waals surface area (Å²) in [5.74, 6) is 0. The van der Waals surface area contributed by atoms with Gasteiger partial charge < -0.3 is 0 Å². The van der Waals surface area contributed by atoms with E-state index in [4.69, 9.17) is 0 Å². The predicted octanol–water partition coefficient (Wildman–Crippen LogP) is 4.47. The van der Waals surface area contributed by atoms with Gasteiger partial charge in [-0.3, -0.25) is 0 Å². The molecular weight excluding hydrogens is 212 g/mol. The highest BCUT2D eigenvalue weighted by atomic mass is 32.2. The van der Waals surface area contributed by atoms with Crippen molar-refractivity contribution in [2.45, 2.75) is 23.0 Å². The van der Waals surface area contributed by atoms with E-state index in [1.165, 1.54) is 28.9 Å². The van der Waals surface area contributed by atoms with Crippen LogP contribution in [0.3, 0.4) is 0 Å². The Bertz CT molecular complexity index is 476. The molecule has 0 aliphatic carbocycles. The normalized spacial score (nSPS) is 19.1. The Morgan fingerprint density at radius 1 is 0.875 bits per heavy atom. The Balaban J connectivity index is 1.89. The topological polar surface area (TPSA) is 0 Å². The van der Waals surface area contributed by atoms with Crippen molar-refractivity contribution >= 4 is 11.8 Å². The van der Waals surface area contributed by atoms with Crippen LogP contribution >= 0.6 is 11.8 Å². The molecule has 2 aromatic carbocycles. The van der Waals surface area contributed by atoms with Crippen LogP contribution in [0, 0.1) is 0 Å². The molecule has 0 nitrogen and oxygen atoms in total. The molecule has 1 heteroatoms. The highest BCUT2D eigenvalue weighted by Crippen LogP contribution is 2.44. The largest absolute Gasteiger partial charge is 0.118 e. The maximum Gasteiger partial charge on any atom is 0.0347 e. The molecule has 2 aromatic rings. The average Bonchev–Trinajstić information content (AvgIpc) is 2.39. The molecular formula is C15H14S. The number of hydrogen-bond donors (Lipinski definition) is 0. The fourth-order valence-electron chi connectivity index (χ4n) is 2.23. The Morgan fingerprint density at radius 2 is 1.62 bits per heavy atom. The summed E-state index contributed by atoms with van der Waals surface area (Å²) < 4.78 is 0. The highest BCUT2D eigenvalue weighted by Gasteiger charge is 2.19. The van der Waals surface area contributed by atoms with E-state index in [1.807, 2.05) is 11.8 Å². The molecule has 0 spiro atoms. The van der Waals surface area contributed by atoms with E-state index in [-0.39, 0.29) is 0 Å². The lowest BCUT2D eigenvalue weighted by Gasteiger charge is -2.24. The Labute approximate surface area is 101 Å². The summed E-state index contributed by atoms with van der Waals surface area (Å²) >= 11 is 2.01. The van der Waals surface area contributed by atoms with Crippen LogP contribution in [0.1, 0.15) is 22.8 Å². The van der Waals surface area contributed by atoms with Crippen molar-refractivity contribution in [2.75, 3.05) is 0 Å². The molecule has 1 atom stereocenters. The molecule has 0 N–H and O–H groups in total. The van der Waals surface area contributed by atoms with Crippen LogP contribution in [0.25, 0.3) is 0 Å². The van der Waals surface area contributed by atoms with Gasteiger partial charge >= 0.3 is 0 Å². The first-order valence-corrected chi connectivity index (χ1v) is 6.61. The van der Waals surface area contributed by atoms with Gasteiger partial charge in [-0.15, -0.1) is 11.8 Å². The van der Waals surface area contributed by atoms with Crippen molar-refractivity contribution in [3.8, 4) is 0 Å². The van der Waals surface area contributed by atoms with Gasteiger partial charge in [0, 0.05) is 10.1 Å². The van der Waals surface area contributed by atoms with E-state index >= 15 is 0 Å². The predicted molar refractivity (Wildman–Crippen MR) is 69.8 cm³/mol. The van der Waals surface area contributed by atoms with E-state index in [2.05, 4.69) is 54.6 Å². The molecule has 1 unspecified atom stereocenters. The summed E-state index contributed by atoms with van der Waals surface area (Å²) in [6.45, 7) is 0. The Hall–Kier alpha value is -1.21. The third kappa shape index (κ3) is 1.88. The maximum atomic E-state index is 2.25. The molecule has 16 heavy (non-hydrogen) atoms. The molecule has 80 valence electrons. The molecule has 0 saturated carbocycles. The minimum absolute atomic E-state index is 0.635. The summed E-state index contributed by atoms with van der Waals surface area (Å²) in [4.78, 5) is 1.46. The highest BCUT2D eigenvalue weighted by molar-refractivity contribution is 7.99. The maximum absolute atomic E-state index is 2.25. The smallest absolute Gasteiger partial charge is 0.0347 e. The van der Waals surface area contributed by atoms with Crippen LogP contribution in [0.2, 0.25) is 0 Å². The first-order valence-electron chi connectivity index (χ1n) is 5.73. The minimum Gasteiger partial charge on any atom is -0.118 e. The van der Waals surface area contributed by atoms with Crippen LogP contribution in [0.5, 0.6) is 0 Å². The number of rotatable bonds is 1. The standard InChI is InChI=1S/C15H14S/c1-2-6-12(7-3-1)15-11-10-13-8-4-5-9-14(13)16-15/h1-9,15H,10-11H2. The summed E-state index contributed by atoms with van der Waals surface area (Å²) in [6, 6.07) is 19.6. The molecule has 1 aliphatic rings. The third-order valence-corrected chi connectivity index (χ3v) is 4.53. The van der Waals surface area contributed by atoms with Crippen molar-refractivity contribution in [1.82, 2.24) is 0 Å². The summed E-state index contributed by atoms with van der Waals surface area (Å²) in [5, 5.41) is 0.635. The fourth-order valence-corrected chi connectivity index (χ4v) is 3.54. The first kappa shape index (κ1) is 9.98. The lowest BCUT2D eigenvalue weighted by molar-refractivity contribution is 0.772. The molecule has 1 aliphatic heterocycles. The van der Waals surface area contributed by atoms with Gasteiger partial charge in [0.2, 0.25) is 0 Å². The van der Waals surface area contributed by atoms with Crippen molar-refractivity contribution in [1.29, 1.82) is 0 Å². The second-order valence-corrected chi connectivity index (χ2v) is 5.41. The van der Waals surface area contributed by atoms with Crippen molar-refractivity contribution in [3.63, 3.8) is 0 Å². The number of thioether (sulfide) groups is 1. The van der Waals surface area contributed by atoms with E-state index in [1.54, 1.807) is 0 Å². The van der Waals surface area contributed by atoms with Gasteiger partial charge in [0.05, 0.1) is 0 Å². The second kappa shape index (κ2) is 4.34. The molecule has 3 rings (SSSR count). The summed E-state index contributed by atoms with van der Waals surface area (Å²) in [6.07, 6.45) is 2.47. The van der Waals surface area contributed by atoms with Crippen LogP contribution in [-0.2, 0) is 6.42 Å². The fraction of sp³-hybridized carbons (Fsp3) is 0.200. The van der Waals surface area contributed by atoms with Gasteiger partial charge in [-0.1, -0.05) is 48.5 Å². The molecule has 0 fully saturated rings. The average molecular weight is 226 g/mol. The number of hydrogen-bond acceptors (Lipinski definition) is 1. The lowest BCUT2D eigenvalue weighted by atomic mass is 10.0. The zero-order chi connectivity index (χ0) is 10.8. The minimum atomic E-state index is 0.635. The van der Waals surface area contributed by atoms with Gasteiger partial charge in [0.25, 0.3) is 0 Å². The van der Waals surface area contributed by atoms with Crippen LogP contribution in [-0.4, -0.2) is 0 Å². The van der Waals surface area contributed by atoms with Crippen molar-refractivity contribution in [3.05, 3.63) is 65.7 Å². The summed E-state index contributed by atoms with van der Waals surface area (Å²) in [7, 11) is 0. The van der Waals surface area contributed by atoms with E-state index in [0.717, 1.165) is 0 Å². The Morgan fingerprint density at radius 3 is 2.50 bits per heavy atom. The number of fused-ring (bicyclic) bond motifs is 1. The SMILES string of the molecule is c1ccc(C2CCc3ccccc3S2)cc1. The van der Waals surface area contributed by atoms with E-state index in [0.29, 0.717) is 5.25 Å². The van der Waals surface area contributed by atoms with Gasteiger partial charge in [0.1, 0.15) is 0 Å². The van der Waals surface area contributed by atoms with Crippen LogP contribution < -0.4 is 0 Å². The Kier molecular flexibility index (Phi) is 2.71. The monoisotopic (exact) mass is 226 g/mol. The molecule has 1 heterocycles. The number of aryl methyl sites for hydroxylation is 1.